The van der Waals surface area contributed by atoms with Crippen molar-refractivity contribution in [2.24, 2.45) is 0 Å². The second-order valence-electron chi connectivity index (χ2n) is 5.14. The quantitative estimate of drug-likeness (QED) is 0.761. The van der Waals surface area contributed by atoms with Gasteiger partial charge in [-0.1, -0.05) is 0 Å². The SMILES string of the molecule is CNc1nc(N2CCc3sccc3C2C)c2[nH]cnc2n1. The molecule has 7 heteroatoms. The summed E-state index contributed by atoms with van der Waals surface area (Å²) in [6.45, 7) is 3.19. The molecule has 1 atom stereocenters. The molecule has 2 N–H and O–H groups in total. The van der Waals surface area contributed by atoms with Crippen molar-refractivity contribution in [1.82, 2.24) is 19.9 Å². The van der Waals surface area contributed by atoms with Crippen LogP contribution in [0, 0.1) is 0 Å². The van der Waals surface area contributed by atoms with E-state index in [0.29, 0.717) is 17.6 Å². The number of imidazole rings is 1. The predicted octanol–water partition coefficient (Wildman–Crippen LogP) is 2.58. The second-order valence-corrected chi connectivity index (χ2v) is 6.14. The Morgan fingerprint density at radius 2 is 2.33 bits per heavy atom. The molecule has 0 radical (unpaired) electrons. The van der Waals surface area contributed by atoms with Gasteiger partial charge in [-0.3, -0.25) is 0 Å². The second kappa shape index (κ2) is 4.70. The van der Waals surface area contributed by atoms with Crippen molar-refractivity contribution in [3.05, 3.63) is 28.2 Å². The zero-order valence-corrected chi connectivity index (χ0v) is 12.7. The third kappa shape index (κ3) is 1.88. The van der Waals surface area contributed by atoms with Crippen LogP contribution in [-0.4, -0.2) is 33.5 Å². The van der Waals surface area contributed by atoms with E-state index in [2.05, 4.69) is 48.5 Å². The van der Waals surface area contributed by atoms with Crippen LogP contribution in [0.5, 0.6) is 0 Å². The number of hydrogen-bond donors (Lipinski definition) is 2. The van der Waals surface area contributed by atoms with E-state index in [1.54, 1.807) is 6.33 Å². The third-order valence-electron chi connectivity index (χ3n) is 4.04. The smallest absolute Gasteiger partial charge is 0.226 e. The Hall–Kier alpha value is -2.15. The molecule has 1 unspecified atom stereocenters. The van der Waals surface area contributed by atoms with E-state index in [-0.39, 0.29) is 0 Å². The van der Waals surface area contributed by atoms with Gasteiger partial charge in [0.1, 0.15) is 5.52 Å². The number of anilines is 2. The fourth-order valence-corrected chi connectivity index (χ4v) is 3.90. The van der Waals surface area contributed by atoms with Gasteiger partial charge in [-0.2, -0.15) is 9.97 Å². The normalized spacial score (nSPS) is 18.0. The maximum atomic E-state index is 4.66. The topological polar surface area (TPSA) is 69.7 Å². The lowest BCUT2D eigenvalue weighted by molar-refractivity contribution is 0.626. The number of nitrogens with zero attached hydrogens (tertiary/aromatic N) is 4. The first kappa shape index (κ1) is 12.6. The summed E-state index contributed by atoms with van der Waals surface area (Å²) in [4.78, 5) is 20.3. The summed E-state index contributed by atoms with van der Waals surface area (Å²) in [7, 11) is 1.83. The molecule has 4 rings (SSSR count). The van der Waals surface area contributed by atoms with Gasteiger partial charge in [0, 0.05) is 18.5 Å². The fraction of sp³-hybridized carbons (Fsp3) is 0.357. The number of hydrogen-bond acceptors (Lipinski definition) is 6. The first-order valence-corrected chi connectivity index (χ1v) is 7.87. The summed E-state index contributed by atoms with van der Waals surface area (Å²) < 4.78 is 0. The molecule has 3 aromatic rings. The molecular weight excluding hydrogens is 284 g/mol. The van der Waals surface area contributed by atoms with Gasteiger partial charge in [0.05, 0.1) is 12.4 Å². The van der Waals surface area contributed by atoms with Crippen molar-refractivity contribution in [3.8, 4) is 0 Å². The zero-order chi connectivity index (χ0) is 14.4. The van der Waals surface area contributed by atoms with Crippen LogP contribution in [0.25, 0.3) is 11.2 Å². The number of aromatic amines is 1. The van der Waals surface area contributed by atoms with Crippen LogP contribution >= 0.6 is 11.3 Å². The molecule has 0 bridgehead atoms. The molecule has 0 aliphatic carbocycles. The number of fused-ring (bicyclic) bond motifs is 2. The summed E-state index contributed by atoms with van der Waals surface area (Å²) in [5, 5.41) is 5.19. The van der Waals surface area contributed by atoms with Crippen LogP contribution < -0.4 is 10.2 Å². The van der Waals surface area contributed by atoms with Crippen LogP contribution in [0.15, 0.2) is 17.8 Å². The first-order valence-electron chi connectivity index (χ1n) is 6.99. The average Bonchev–Trinajstić information content (AvgIpc) is 3.15. The predicted molar refractivity (Wildman–Crippen MR) is 85.0 cm³/mol. The van der Waals surface area contributed by atoms with Gasteiger partial charge < -0.3 is 15.2 Å². The highest BCUT2D eigenvalue weighted by Gasteiger charge is 2.28. The summed E-state index contributed by atoms with van der Waals surface area (Å²) >= 11 is 1.85. The highest BCUT2D eigenvalue weighted by atomic mass is 32.1. The van der Waals surface area contributed by atoms with Gasteiger partial charge in [0.15, 0.2) is 11.5 Å². The summed E-state index contributed by atoms with van der Waals surface area (Å²) in [5.74, 6) is 1.53. The van der Waals surface area contributed by atoms with E-state index < -0.39 is 0 Å². The van der Waals surface area contributed by atoms with Crippen LogP contribution in [-0.2, 0) is 6.42 Å². The van der Waals surface area contributed by atoms with Crippen molar-refractivity contribution in [1.29, 1.82) is 0 Å². The number of thiophene rings is 1. The summed E-state index contributed by atoms with van der Waals surface area (Å²) in [6, 6.07) is 2.53. The molecule has 6 nitrogen and oxygen atoms in total. The van der Waals surface area contributed by atoms with Gasteiger partial charge >= 0.3 is 0 Å². The lowest BCUT2D eigenvalue weighted by Crippen LogP contribution is -2.34. The van der Waals surface area contributed by atoms with Gasteiger partial charge in [0.25, 0.3) is 0 Å². The van der Waals surface area contributed by atoms with Crippen LogP contribution in [0.3, 0.4) is 0 Å². The lowest BCUT2D eigenvalue weighted by atomic mass is 10.0. The summed E-state index contributed by atoms with van der Waals surface area (Å²) in [6.07, 6.45) is 2.73. The van der Waals surface area contributed by atoms with Crippen LogP contribution in [0.1, 0.15) is 23.4 Å². The minimum atomic E-state index is 0.311. The van der Waals surface area contributed by atoms with E-state index in [0.717, 1.165) is 24.3 Å². The van der Waals surface area contributed by atoms with E-state index in [1.807, 2.05) is 18.4 Å². The lowest BCUT2D eigenvalue weighted by Gasteiger charge is -2.34. The van der Waals surface area contributed by atoms with Gasteiger partial charge in [-0.25, -0.2) is 4.98 Å². The van der Waals surface area contributed by atoms with E-state index in [9.17, 15) is 0 Å². The molecule has 0 saturated carbocycles. The largest absolute Gasteiger partial charge is 0.357 e. The molecule has 4 heterocycles. The number of aromatic nitrogens is 4. The Morgan fingerprint density at radius 3 is 3.19 bits per heavy atom. The summed E-state index contributed by atoms with van der Waals surface area (Å²) in [5.41, 5.74) is 3.01. The first-order chi connectivity index (χ1) is 10.3. The van der Waals surface area contributed by atoms with Crippen molar-refractivity contribution in [3.63, 3.8) is 0 Å². The number of rotatable bonds is 2. The zero-order valence-electron chi connectivity index (χ0n) is 11.9. The molecule has 0 fully saturated rings. The molecule has 0 amide bonds. The monoisotopic (exact) mass is 300 g/mol. The van der Waals surface area contributed by atoms with E-state index in [4.69, 9.17) is 0 Å². The van der Waals surface area contributed by atoms with Crippen molar-refractivity contribution < 1.29 is 0 Å². The van der Waals surface area contributed by atoms with Gasteiger partial charge in [-0.05, 0) is 30.4 Å². The maximum Gasteiger partial charge on any atom is 0.226 e. The van der Waals surface area contributed by atoms with Gasteiger partial charge in [-0.15, -0.1) is 11.3 Å². The Balaban J connectivity index is 1.85. The van der Waals surface area contributed by atoms with Gasteiger partial charge in [0.2, 0.25) is 5.95 Å². The third-order valence-corrected chi connectivity index (χ3v) is 5.04. The molecule has 1 aliphatic rings. The molecular formula is C14H16N6S. The number of H-pyrrole nitrogens is 1. The van der Waals surface area contributed by atoms with Crippen LogP contribution in [0.4, 0.5) is 11.8 Å². The molecule has 0 aromatic carbocycles. The number of nitrogens with one attached hydrogen (secondary N) is 2. The van der Waals surface area contributed by atoms with Crippen molar-refractivity contribution in [2.75, 3.05) is 23.8 Å². The molecule has 3 aromatic heterocycles. The molecule has 1 aliphatic heterocycles. The maximum absolute atomic E-state index is 4.66. The minimum absolute atomic E-state index is 0.311. The Morgan fingerprint density at radius 1 is 1.43 bits per heavy atom. The molecule has 0 spiro atoms. The molecule has 108 valence electrons. The van der Waals surface area contributed by atoms with E-state index >= 15 is 0 Å². The van der Waals surface area contributed by atoms with Crippen molar-refractivity contribution >= 4 is 34.3 Å². The van der Waals surface area contributed by atoms with Crippen molar-refractivity contribution in [2.45, 2.75) is 19.4 Å². The standard InChI is InChI=1S/C14H16N6S/c1-8-9-4-6-21-10(9)3-5-20(8)13-11-12(17-7-16-11)18-14(15-2)19-13/h4,6-8H,3,5H2,1-2H3,(H2,15,16,17,18,19). The Bertz CT molecular complexity index is 792. The highest BCUT2D eigenvalue weighted by Crippen LogP contribution is 2.37. The average molecular weight is 300 g/mol. The molecule has 0 saturated heterocycles. The van der Waals surface area contributed by atoms with E-state index in [1.165, 1.54) is 10.4 Å². The highest BCUT2D eigenvalue weighted by molar-refractivity contribution is 7.10. The fourth-order valence-electron chi connectivity index (χ4n) is 2.94. The Labute approximate surface area is 126 Å². The Kier molecular flexibility index (Phi) is 2.81. The molecule has 21 heavy (non-hydrogen) atoms. The van der Waals surface area contributed by atoms with Crippen LogP contribution in [0.2, 0.25) is 0 Å². The minimum Gasteiger partial charge on any atom is -0.357 e.